The van der Waals surface area contributed by atoms with Crippen molar-refractivity contribution in [3.05, 3.63) is 29.6 Å². The van der Waals surface area contributed by atoms with Gasteiger partial charge in [0.05, 0.1) is 5.60 Å². The first-order valence-corrected chi connectivity index (χ1v) is 11.1. The third-order valence-electron chi connectivity index (χ3n) is 6.54. The molecule has 2 bridgehead atoms. The zero-order valence-corrected chi connectivity index (χ0v) is 19.1. The molecule has 0 radical (unpaired) electrons. The Bertz CT molecular complexity index is 896. The Kier molecular flexibility index (Phi) is 5.71. The molecule has 4 N–H and O–H groups in total. The number of nitrogens with zero attached hydrogens (tertiary/aromatic N) is 1. The van der Waals surface area contributed by atoms with Crippen molar-refractivity contribution < 1.29 is 23.8 Å². The second kappa shape index (κ2) is 7.97. The second-order valence-electron chi connectivity index (χ2n) is 10.6. The van der Waals surface area contributed by atoms with Crippen LogP contribution in [0.3, 0.4) is 0 Å². The van der Waals surface area contributed by atoms with Crippen molar-refractivity contribution in [1.29, 1.82) is 0 Å². The molecule has 176 valence electrons. The summed E-state index contributed by atoms with van der Waals surface area (Å²) in [5.41, 5.74) is 2.32. The summed E-state index contributed by atoms with van der Waals surface area (Å²) in [4.78, 5) is 25.2. The van der Waals surface area contributed by atoms with Crippen molar-refractivity contribution in [2.75, 3.05) is 13.2 Å². The van der Waals surface area contributed by atoms with Crippen LogP contribution in [0, 0.1) is 12.7 Å². The highest BCUT2D eigenvalue weighted by Gasteiger charge is 2.69. The summed E-state index contributed by atoms with van der Waals surface area (Å²) >= 11 is 0. The predicted molar refractivity (Wildman–Crippen MR) is 116 cm³/mol. The van der Waals surface area contributed by atoms with Crippen molar-refractivity contribution in [2.45, 2.75) is 82.1 Å². The van der Waals surface area contributed by atoms with Gasteiger partial charge >= 0.3 is 0 Å². The number of carbonyl (C=O) groups is 2. The van der Waals surface area contributed by atoms with Gasteiger partial charge in [-0.05, 0) is 65.0 Å². The topological polar surface area (TPSA) is 103 Å². The molecule has 1 aromatic carbocycles. The van der Waals surface area contributed by atoms with Gasteiger partial charge in [-0.1, -0.05) is 6.07 Å². The highest BCUT2D eigenvalue weighted by molar-refractivity contribution is 5.84. The number of hydrazine groups is 1. The molecule has 2 unspecified atom stereocenters. The molecule has 32 heavy (non-hydrogen) atoms. The van der Waals surface area contributed by atoms with E-state index in [1.165, 1.54) is 6.07 Å². The van der Waals surface area contributed by atoms with Gasteiger partial charge in [-0.15, -0.1) is 0 Å². The van der Waals surface area contributed by atoms with E-state index >= 15 is 0 Å². The number of nitrogens with one attached hydrogen (secondary N) is 3. The molecule has 9 heteroatoms. The Labute approximate surface area is 187 Å². The monoisotopic (exact) mass is 448 g/mol. The quantitative estimate of drug-likeness (QED) is 0.476. The second-order valence-corrected chi connectivity index (χ2v) is 10.6. The third kappa shape index (κ3) is 4.74. The van der Waals surface area contributed by atoms with E-state index in [0.717, 1.165) is 0 Å². The van der Waals surface area contributed by atoms with E-state index in [1.54, 1.807) is 32.9 Å². The molecule has 2 atom stereocenters. The fourth-order valence-electron chi connectivity index (χ4n) is 5.25. The number of ether oxygens (including phenoxy) is 1. The molecule has 1 saturated heterocycles. The summed E-state index contributed by atoms with van der Waals surface area (Å²) in [7, 11) is 0. The summed E-state index contributed by atoms with van der Waals surface area (Å²) in [6.07, 6.45) is 2.75. The van der Waals surface area contributed by atoms with E-state index in [1.807, 2.05) is 11.9 Å². The fourth-order valence-corrected chi connectivity index (χ4v) is 5.25. The van der Waals surface area contributed by atoms with Crippen LogP contribution in [0.15, 0.2) is 18.2 Å². The Balaban J connectivity index is 1.23. The van der Waals surface area contributed by atoms with Crippen molar-refractivity contribution in [2.24, 2.45) is 0 Å². The summed E-state index contributed by atoms with van der Waals surface area (Å²) < 4.78 is 19.0. The van der Waals surface area contributed by atoms with Gasteiger partial charge in [-0.25, -0.2) is 9.40 Å². The minimum Gasteiger partial charge on any atom is -0.484 e. The summed E-state index contributed by atoms with van der Waals surface area (Å²) in [5, 5.41) is 18.1. The third-order valence-corrected chi connectivity index (χ3v) is 6.54. The number of rotatable bonds is 8. The van der Waals surface area contributed by atoms with Gasteiger partial charge in [0.25, 0.3) is 5.91 Å². The number of hydrogen-bond donors (Lipinski definition) is 4. The zero-order chi connectivity index (χ0) is 23.3. The van der Waals surface area contributed by atoms with Crippen molar-refractivity contribution >= 4 is 11.8 Å². The average Bonchev–Trinajstić information content (AvgIpc) is 2.98. The van der Waals surface area contributed by atoms with Gasteiger partial charge in [0.2, 0.25) is 5.91 Å². The van der Waals surface area contributed by atoms with Crippen LogP contribution in [0.4, 0.5) is 4.39 Å². The van der Waals surface area contributed by atoms with E-state index in [0.29, 0.717) is 43.5 Å². The zero-order valence-electron chi connectivity index (χ0n) is 19.1. The minimum atomic E-state index is -0.910. The van der Waals surface area contributed by atoms with Crippen LogP contribution < -0.4 is 20.8 Å². The predicted octanol–water partition coefficient (Wildman–Crippen LogP) is 1.16. The van der Waals surface area contributed by atoms with Crippen molar-refractivity contribution in [1.82, 2.24) is 21.1 Å². The average molecular weight is 449 g/mol. The highest BCUT2D eigenvalue weighted by Crippen LogP contribution is 2.60. The highest BCUT2D eigenvalue weighted by atomic mass is 19.1. The van der Waals surface area contributed by atoms with Gasteiger partial charge in [0, 0.05) is 29.7 Å². The molecule has 1 heterocycles. The fraction of sp³-hybridized carbons (Fsp3) is 0.652. The Morgan fingerprint density at radius 1 is 1.28 bits per heavy atom. The van der Waals surface area contributed by atoms with Gasteiger partial charge in [-0.3, -0.25) is 15.0 Å². The van der Waals surface area contributed by atoms with Gasteiger partial charge < -0.3 is 20.5 Å². The van der Waals surface area contributed by atoms with Crippen LogP contribution >= 0.6 is 0 Å². The molecule has 5 rings (SSSR count). The SMILES string of the molecule is Cc1ccc(OCC(=O)NC23CC(NC(=O)C4CC(C)NN4CC(C)(C)O)(C2)C3)cc1F. The van der Waals surface area contributed by atoms with E-state index < -0.39 is 5.60 Å². The van der Waals surface area contributed by atoms with E-state index in [9.17, 15) is 19.1 Å². The smallest absolute Gasteiger partial charge is 0.258 e. The van der Waals surface area contributed by atoms with E-state index in [2.05, 4.69) is 16.1 Å². The lowest BCUT2D eigenvalue weighted by Gasteiger charge is -2.70. The van der Waals surface area contributed by atoms with Crippen LogP contribution in [-0.2, 0) is 9.59 Å². The minimum absolute atomic E-state index is 0.0459. The van der Waals surface area contributed by atoms with Crippen molar-refractivity contribution in [3.8, 4) is 5.75 Å². The van der Waals surface area contributed by atoms with Crippen LogP contribution in [0.1, 0.15) is 52.0 Å². The number of amides is 2. The molecule has 2 amide bonds. The first-order valence-electron chi connectivity index (χ1n) is 11.1. The van der Waals surface area contributed by atoms with Crippen LogP contribution in [-0.4, -0.2) is 63.8 Å². The lowest BCUT2D eigenvalue weighted by molar-refractivity contribution is -0.153. The molecule has 3 saturated carbocycles. The van der Waals surface area contributed by atoms with Crippen molar-refractivity contribution in [3.63, 3.8) is 0 Å². The largest absolute Gasteiger partial charge is 0.484 e. The molecular weight excluding hydrogens is 415 g/mol. The molecule has 1 aliphatic heterocycles. The maximum atomic E-state index is 13.6. The summed E-state index contributed by atoms with van der Waals surface area (Å²) in [5.74, 6) is -0.348. The molecule has 4 aliphatic rings. The number of carbonyl (C=O) groups excluding carboxylic acids is 2. The molecule has 3 aliphatic carbocycles. The molecule has 0 spiro atoms. The van der Waals surface area contributed by atoms with Gasteiger partial charge in [0.1, 0.15) is 17.6 Å². The standard InChI is InChI=1S/C23H33FN4O4/c1-14-5-6-16(8-17(14)24)32-9-19(29)25-22-10-23(11-22,12-22)26-20(30)18-7-15(2)27-28(18)13-21(3,4)31/h5-6,8,15,18,27,31H,7,9-13H2,1-4H3,(H,25,29)(H,26,30). The Morgan fingerprint density at radius 2 is 1.94 bits per heavy atom. The maximum Gasteiger partial charge on any atom is 0.258 e. The summed E-state index contributed by atoms with van der Waals surface area (Å²) in [6, 6.07) is 4.35. The number of β-amino-alcohol motifs (C(OH)–C–C–N with tert-alkyl or cyclic N) is 1. The molecule has 1 aromatic rings. The van der Waals surface area contributed by atoms with Gasteiger partial charge in [0.15, 0.2) is 6.61 Å². The van der Waals surface area contributed by atoms with Crippen LogP contribution in [0.25, 0.3) is 0 Å². The molecular formula is C23H33FN4O4. The van der Waals surface area contributed by atoms with E-state index in [-0.39, 0.29) is 47.4 Å². The molecule has 4 fully saturated rings. The first-order chi connectivity index (χ1) is 14.9. The number of aliphatic hydroxyl groups is 1. The normalized spacial score (nSPS) is 31.4. The number of aryl methyl sites for hydroxylation is 1. The van der Waals surface area contributed by atoms with Crippen LogP contribution in [0.5, 0.6) is 5.75 Å². The Hall–Kier alpha value is -2.23. The van der Waals surface area contributed by atoms with E-state index in [4.69, 9.17) is 4.74 Å². The Morgan fingerprint density at radius 3 is 2.56 bits per heavy atom. The lowest BCUT2D eigenvalue weighted by atomic mass is 9.44. The first kappa shape index (κ1) is 22.9. The number of halogens is 1. The number of benzene rings is 1. The lowest BCUT2D eigenvalue weighted by Crippen LogP contribution is -2.84. The molecule has 8 nitrogen and oxygen atoms in total. The summed E-state index contributed by atoms with van der Waals surface area (Å²) in [6.45, 7) is 7.30. The molecule has 0 aromatic heterocycles. The maximum absolute atomic E-state index is 13.6. The van der Waals surface area contributed by atoms with Gasteiger partial charge in [-0.2, -0.15) is 0 Å². The number of hydrogen-bond acceptors (Lipinski definition) is 6. The van der Waals surface area contributed by atoms with Crippen LogP contribution in [0.2, 0.25) is 0 Å².